The Labute approximate surface area is 92.2 Å². The summed E-state index contributed by atoms with van der Waals surface area (Å²) in [6.45, 7) is 0. The fraction of sp³-hybridized carbons (Fsp3) is 0.182. The lowest BCUT2D eigenvalue weighted by Crippen LogP contribution is -2.35. The Bertz CT molecular complexity index is 409. The zero-order valence-corrected chi connectivity index (χ0v) is 8.62. The summed E-state index contributed by atoms with van der Waals surface area (Å²) in [5.74, 6) is -3.99. The van der Waals surface area contributed by atoms with Gasteiger partial charge in [0, 0.05) is 0 Å². The number of aliphatic hydroxyl groups is 2. The molecular formula is C11H12O5. The van der Waals surface area contributed by atoms with Gasteiger partial charge in [0.05, 0.1) is 7.11 Å². The average molecular weight is 224 g/mol. The van der Waals surface area contributed by atoms with Crippen LogP contribution in [0.3, 0.4) is 0 Å². The molecule has 1 aromatic carbocycles. The van der Waals surface area contributed by atoms with Gasteiger partial charge < -0.3 is 20.1 Å². The Balaban J connectivity index is 2.87. The van der Waals surface area contributed by atoms with Crippen LogP contribution in [0.25, 0.3) is 6.08 Å². The first-order valence-corrected chi connectivity index (χ1v) is 4.47. The van der Waals surface area contributed by atoms with Crippen LogP contribution in [0.15, 0.2) is 30.3 Å². The summed E-state index contributed by atoms with van der Waals surface area (Å²) < 4.78 is 4.96. The molecule has 0 saturated carbocycles. The Morgan fingerprint density at radius 2 is 2.12 bits per heavy atom. The Kier molecular flexibility index (Phi) is 3.65. The van der Waals surface area contributed by atoms with E-state index in [-0.39, 0.29) is 0 Å². The molecule has 0 radical (unpaired) electrons. The standard InChI is InChI=1S/C11H12O5/c1-16-9-4-2-3-8(7-9)5-6-11(14,15)10(12)13/h2-7,14-15H,1H3,(H,12,13). The van der Waals surface area contributed by atoms with Gasteiger partial charge in [-0.15, -0.1) is 0 Å². The minimum absolute atomic E-state index is 0.596. The summed E-state index contributed by atoms with van der Waals surface area (Å²) >= 11 is 0. The second-order valence-electron chi connectivity index (χ2n) is 3.14. The van der Waals surface area contributed by atoms with Gasteiger partial charge in [-0.25, -0.2) is 4.79 Å². The Morgan fingerprint density at radius 1 is 1.44 bits per heavy atom. The number of hydrogen-bond donors (Lipinski definition) is 3. The van der Waals surface area contributed by atoms with Gasteiger partial charge in [0.2, 0.25) is 0 Å². The molecule has 16 heavy (non-hydrogen) atoms. The van der Waals surface area contributed by atoms with E-state index in [0.717, 1.165) is 6.08 Å². The topological polar surface area (TPSA) is 87.0 Å². The summed E-state index contributed by atoms with van der Waals surface area (Å²) in [5, 5.41) is 26.5. The zero-order valence-electron chi connectivity index (χ0n) is 8.62. The molecule has 0 aliphatic rings. The number of aliphatic carboxylic acids is 1. The maximum Gasteiger partial charge on any atom is 0.368 e. The van der Waals surface area contributed by atoms with Gasteiger partial charge in [0.25, 0.3) is 5.79 Å². The van der Waals surface area contributed by atoms with Crippen molar-refractivity contribution in [2.24, 2.45) is 0 Å². The average Bonchev–Trinajstić information content (AvgIpc) is 2.26. The molecule has 1 aromatic rings. The summed E-state index contributed by atoms with van der Waals surface area (Å²) in [6.07, 6.45) is 2.07. The molecule has 0 fully saturated rings. The minimum atomic E-state index is -2.86. The van der Waals surface area contributed by atoms with Crippen molar-refractivity contribution in [3.05, 3.63) is 35.9 Å². The molecule has 0 unspecified atom stereocenters. The lowest BCUT2D eigenvalue weighted by molar-refractivity contribution is -0.186. The Morgan fingerprint density at radius 3 is 2.69 bits per heavy atom. The summed E-state index contributed by atoms with van der Waals surface area (Å²) in [5.41, 5.74) is 0.605. The zero-order chi connectivity index (χ0) is 12.2. The summed E-state index contributed by atoms with van der Waals surface area (Å²) in [6, 6.07) is 6.74. The van der Waals surface area contributed by atoms with E-state index in [9.17, 15) is 4.79 Å². The highest BCUT2D eigenvalue weighted by atomic mass is 16.5. The van der Waals surface area contributed by atoms with Gasteiger partial charge in [-0.2, -0.15) is 0 Å². The molecule has 5 heteroatoms. The Hall–Kier alpha value is -1.85. The summed E-state index contributed by atoms with van der Waals surface area (Å²) in [4.78, 5) is 10.4. The van der Waals surface area contributed by atoms with Crippen molar-refractivity contribution in [1.82, 2.24) is 0 Å². The van der Waals surface area contributed by atoms with Crippen LogP contribution in [0, 0.1) is 0 Å². The number of ether oxygens (including phenoxy) is 1. The van der Waals surface area contributed by atoms with Crippen LogP contribution >= 0.6 is 0 Å². The molecule has 0 amide bonds. The maximum absolute atomic E-state index is 10.4. The number of carboxylic acid groups (broad SMARTS) is 1. The second kappa shape index (κ2) is 4.78. The van der Waals surface area contributed by atoms with E-state index in [0.29, 0.717) is 11.3 Å². The largest absolute Gasteiger partial charge is 0.497 e. The molecule has 0 aliphatic carbocycles. The van der Waals surface area contributed by atoms with Crippen LogP contribution < -0.4 is 4.74 Å². The molecule has 0 heterocycles. The van der Waals surface area contributed by atoms with Crippen molar-refractivity contribution in [2.45, 2.75) is 5.79 Å². The highest BCUT2D eigenvalue weighted by Gasteiger charge is 2.29. The number of carboxylic acids is 1. The molecular weight excluding hydrogens is 212 g/mol. The monoisotopic (exact) mass is 224 g/mol. The molecule has 0 spiro atoms. The quantitative estimate of drug-likeness (QED) is 0.647. The second-order valence-corrected chi connectivity index (χ2v) is 3.14. The third kappa shape index (κ3) is 3.08. The molecule has 0 bridgehead atoms. The number of methoxy groups -OCH3 is 1. The molecule has 5 nitrogen and oxygen atoms in total. The van der Waals surface area contributed by atoms with E-state index in [1.54, 1.807) is 24.3 Å². The maximum atomic E-state index is 10.4. The first-order valence-electron chi connectivity index (χ1n) is 4.47. The van der Waals surface area contributed by atoms with Crippen LogP contribution in [0.1, 0.15) is 5.56 Å². The van der Waals surface area contributed by atoms with Gasteiger partial charge in [0.1, 0.15) is 5.75 Å². The van der Waals surface area contributed by atoms with E-state index in [4.69, 9.17) is 20.1 Å². The fourth-order valence-electron chi connectivity index (χ4n) is 1.03. The van der Waals surface area contributed by atoms with Gasteiger partial charge >= 0.3 is 5.97 Å². The van der Waals surface area contributed by atoms with Crippen LogP contribution in [-0.4, -0.2) is 34.2 Å². The molecule has 0 aliphatic heterocycles. The first kappa shape index (κ1) is 12.2. The lowest BCUT2D eigenvalue weighted by Gasteiger charge is -2.10. The van der Waals surface area contributed by atoms with E-state index >= 15 is 0 Å². The van der Waals surface area contributed by atoms with Crippen molar-refractivity contribution in [1.29, 1.82) is 0 Å². The highest BCUT2D eigenvalue weighted by molar-refractivity contribution is 5.79. The normalized spacial score (nSPS) is 11.7. The van der Waals surface area contributed by atoms with E-state index in [2.05, 4.69) is 0 Å². The predicted octanol–water partition coefficient (Wildman–Crippen LogP) is 0.474. The van der Waals surface area contributed by atoms with Gasteiger partial charge in [-0.3, -0.25) is 0 Å². The predicted molar refractivity (Wildman–Crippen MR) is 56.8 cm³/mol. The molecule has 0 saturated heterocycles. The van der Waals surface area contributed by atoms with Gasteiger partial charge in [0.15, 0.2) is 0 Å². The fourth-order valence-corrected chi connectivity index (χ4v) is 1.03. The van der Waals surface area contributed by atoms with Crippen molar-refractivity contribution in [3.63, 3.8) is 0 Å². The van der Waals surface area contributed by atoms with E-state index < -0.39 is 11.8 Å². The highest BCUT2D eigenvalue weighted by Crippen LogP contribution is 2.15. The third-order valence-corrected chi connectivity index (χ3v) is 1.92. The van der Waals surface area contributed by atoms with Crippen LogP contribution in [0.4, 0.5) is 0 Å². The van der Waals surface area contributed by atoms with Crippen molar-refractivity contribution in [2.75, 3.05) is 7.11 Å². The smallest absolute Gasteiger partial charge is 0.368 e. The molecule has 0 aromatic heterocycles. The SMILES string of the molecule is COc1cccc(C=CC(O)(O)C(=O)O)c1. The molecule has 3 N–H and O–H groups in total. The van der Waals surface area contributed by atoms with E-state index in [1.807, 2.05) is 0 Å². The van der Waals surface area contributed by atoms with Gasteiger partial charge in [-0.05, 0) is 23.8 Å². The van der Waals surface area contributed by atoms with Crippen LogP contribution in [0.2, 0.25) is 0 Å². The minimum Gasteiger partial charge on any atom is -0.497 e. The van der Waals surface area contributed by atoms with Crippen molar-refractivity contribution < 1.29 is 24.9 Å². The van der Waals surface area contributed by atoms with Crippen molar-refractivity contribution >= 4 is 12.0 Å². The number of carbonyl (C=O) groups is 1. The van der Waals surface area contributed by atoms with Crippen molar-refractivity contribution in [3.8, 4) is 5.75 Å². The van der Waals surface area contributed by atoms with Crippen LogP contribution in [0.5, 0.6) is 5.75 Å². The number of hydrogen-bond acceptors (Lipinski definition) is 4. The van der Waals surface area contributed by atoms with E-state index in [1.165, 1.54) is 13.2 Å². The van der Waals surface area contributed by atoms with Gasteiger partial charge in [-0.1, -0.05) is 18.2 Å². The molecule has 86 valence electrons. The number of rotatable bonds is 4. The lowest BCUT2D eigenvalue weighted by atomic mass is 10.1. The molecule has 0 atom stereocenters. The third-order valence-electron chi connectivity index (χ3n) is 1.92. The number of benzene rings is 1. The first-order chi connectivity index (χ1) is 7.45. The molecule has 1 rings (SSSR count). The summed E-state index contributed by atoms with van der Waals surface area (Å²) in [7, 11) is 1.50. The van der Waals surface area contributed by atoms with Crippen LogP contribution in [-0.2, 0) is 4.79 Å².